The van der Waals surface area contributed by atoms with Crippen LogP contribution >= 0.6 is 0 Å². The highest BCUT2D eigenvalue weighted by Gasteiger charge is 2.31. The quantitative estimate of drug-likeness (QED) is 0.286. The van der Waals surface area contributed by atoms with Crippen LogP contribution in [0, 0.1) is 11.6 Å². The lowest BCUT2D eigenvalue weighted by Gasteiger charge is -2.33. The van der Waals surface area contributed by atoms with E-state index in [1.807, 2.05) is 44.2 Å². The summed E-state index contributed by atoms with van der Waals surface area (Å²) in [5.74, 6) is -2.02. The summed E-state index contributed by atoms with van der Waals surface area (Å²) in [5, 5.41) is 2.95. The van der Waals surface area contributed by atoms with E-state index in [0.717, 1.165) is 16.1 Å². The highest BCUT2D eigenvalue weighted by Crippen LogP contribution is 2.23. The van der Waals surface area contributed by atoms with Gasteiger partial charge in [0.25, 0.3) is 0 Å². The van der Waals surface area contributed by atoms with E-state index < -0.39 is 33.6 Å². The normalized spacial score (nSPS) is 12.8. The van der Waals surface area contributed by atoms with Gasteiger partial charge in [-0.2, -0.15) is 0 Å². The van der Waals surface area contributed by atoms with Crippen LogP contribution in [0.25, 0.3) is 0 Å². The molecule has 0 aliphatic heterocycles. The van der Waals surface area contributed by atoms with Crippen molar-refractivity contribution in [1.82, 2.24) is 10.2 Å². The number of nitrogens with zero attached hydrogens (tertiary/aromatic N) is 2. The van der Waals surface area contributed by atoms with Gasteiger partial charge in [0.15, 0.2) is 0 Å². The molecule has 1 N–H and O–H groups in total. The standard InChI is InChI=1S/C31H37F2N3O4S/c1-4-23(2)34-31(38)29(21-24-13-6-5-7-14-24)35(22-25-15-8-9-16-26(25)32)30(37)19-12-20-36(41(3,39)40)28-18-11-10-17-27(28)33/h5-11,13-18,23,29H,4,12,19-22H2,1-3H3,(H,34,38)/t23-,29-/m1/s1. The number of nitrogens with one attached hydrogen (secondary N) is 1. The molecule has 3 aromatic rings. The van der Waals surface area contributed by atoms with E-state index >= 15 is 0 Å². The van der Waals surface area contributed by atoms with Crippen molar-refractivity contribution in [3.05, 3.63) is 102 Å². The smallest absolute Gasteiger partial charge is 0.243 e. The first-order valence-electron chi connectivity index (χ1n) is 13.6. The van der Waals surface area contributed by atoms with Gasteiger partial charge in [-0.25, -0.2) is 17.2 Å². The van der Waals surface area contributed by atoms with Crippen LogP contribution < -0.4 is 9.62 Å². The lowest BCUT2D eigenvalue weighted by Crippen LogP contribution is -2.52. The minimum Gasteiger partial charge on any atom is -0.352 e. The maximum atomic E-state index is 14.7. The first kappa shape index (κ1) is 31.7. The lowest BCUT2D eigenvalue weighted by molar-refractivity contribution is -0.141. The van der Waals surface area contributed by atoms with E-state index in [2.05, 4.69) is 5.32 Å². The predicted octanol–water partition coefficient (Wildman–Crippen LogP) is 5.07. The Kier molecular flexibility index (Phi) is 11.4. The van der Waals surface area contributed by atoms with Crippen molar-refractivity contribution in [2.75, 3.05) is 17.1 Å². The van der Waals surface area contributed by atoms with Crippen molar-refractivity contribution in [3.8, 4) is 0 Å². The summed E-state index contributed by atoms with van der Waals surface area (Å²) in [5.41, 5.74) is 0.964. The van der Waals surface area contributed by atoms with Crippen LogP contribution in [0.1, 0.15) is 44.2 Å². The van der Waals surface area contributed by atoms with Crippen LogP contribution in [-0.4, -0.2) is 50.0 Å². The van der Waals surface area contributed by atoms with Crippen molar-refractivity contribution in [1.29, 1.82) is 0 Å². The molecular formula is C31H37F2N3O4S. The second-order valence-corrected chi connectivity index (χ2v) is 11.9. The molecule has 220 valence electrons. The number of rotatable bonds is 14. The minimum absolute atomic E-state index is 0.0546. The molecule has 2 amide bonds. The largest absolute Gasteiger partial charge is 0.352 e. The molecule has 0 aliphatic carbocycles. The molecule has 0 bridgehead atoms. The fourth-order valence-electron chi connectivity index (χ4n) is 4.44. The molecule has 0 unspecified atom stereocenters. The van der Waals surface area contributed by atoms with E-state index in [0.29, 0.717) is 6.42 Å². The number of carbonyl (C=O) groups excluding carboxylic acids is 2. The number of para-hydroxylation sites is 1. The van der Waals surface area contributed by atoms with Crippen molar-refractivity contribution in [3.63, 3.8) is 0 Å². The Labute approximate surface area is 241 Å². The number of hydrogen-bond acceptors (Lipinski definition) is 4. The van der Waals surface area contributed by atoms with Crippen LogP contribution in [0.2, 0.25) is 0 Å². The molecule has 3 aromatic carbocycles. The fourth-order valence-corrected chi connectivity index (χ4v) is 5.41. The van der Waals surface area contributed by atoms with Gasteiger partial charge in [-0.3, -0.25) is 13.9 Å². The van der Waals surface area contributed by atoms with Gasteiger partial charge in [0.05, 0.1) is 11.9 Å². The topological polar surface area (TPSA) is 86.8 Å². The van der Waals surface area contributed by atoms with E-state index in [1.165, 1.54) is 35.2 Å². The third-order valence-electron chi connectivity index (χ3n) is 6.84. The van der Waals surface area contributed by atoms with Crippen molar-refractivity contribution >= 4 is 27.5 Å². The Morgan fingerprint density at radius 1 is 0.902 bits per heavy atom. The predicted molar refractivity (Wildman–Crippen MR) is 157 cm³/mol. The van der Waals surface area contributed by atoms with Crippen LogP contribution in [0.15, 0.2) is 78.9 Å². The van der Waals surface area contributed by atoms with E-state index in [-0.39, 0.29) is 55.6 Å². The highest BCUT2D eigenvalue weighted by molar-refractivity contribution is 7.92. The third-order valence-corrected chi connectivity index (χ3v) is 8.02. The van der Waals surface area contributed by atoms with E-state index in [4.69, 9.17) is 0 Å². The number of hydrogen-bond donors (Lipinski definition) is 1. The molecule has 0 aliphatic rings. The molecule has 0 heterocycles. The molecule has 0 spiro atoms. The summed E-state index contributed by atoms with van der Waals surface area (Å²) >= 11 is 0. The zero-order valence-corrected chi connectivity index (χ0v) is 24.4. The minimum atomic E-state index is -3.84. The van der Waals surface area contributed by atoms with E-state index in [9.17, 15) is 26.8 Å². The first-order valence-corrected chi connectivity index (χ1v) is 15.5. The SMILES string of the molecule is CC[C@@H](C)NC(=O)[C@@H](Cc1ccccc1)N(Cc1ccccc1F)C(=O)CCCN(c1ccccc1F)S(C)(=O)=O. The van der Waals surface area contributed by atoms with Gasteiger partial charge in [-0.1, -0.05) is 67.6 Å². The van der Waals surface area contributed by atoms with Crippen LogP contribution in [0.3, 0.4) is 0 Å². The highest BCUT2D eigenvalue weighted by atomic mass is 32.2. The molecule has 0 saturated heterocycles. The Bertz CT molecular complexity index is 1420. The van der Waals surface area contributed by atoms with Crippen molar-refractivity contribution in [2.45, 2.75) is 58.2 Å². The van der Waals surface area contributed by atoms with Gasteiger partial charge in [0.2, 0.25) is 21.8 Å². The Hall–Kier alpha value is -3.79. The number of amides is 2. The monoisotopic (exact) mass is 585 g/mol. The maximum Gasteiger partial charge on any atom is 0.243 e. The first-order chi connectivity index (χ1) is 19.5. The number of benzene rings is 3. The van der Waals surface area contributed by atoms with Gasteiger partial charge in [-0.15, -0.1) is 0 Å². The van der Waals surface area contributed by atoms with Crippen LogP contribution in [0.5, 0.6) is 0 Å². The molecule has 3 rings (SSSR count). The fraction of sp³-hybridized carbons (Fsp3) is 0.355. The van der Waals surface area contributed by atoms with Crippen LogP contribution in [0.4, 0.5) is 14.5 Å². The van der Waals surface area contributed by atoms with E-state index in [1.54, 1.807) is 18.2 Å². The third kappa shape index (κ3) is 9.11. The molecule has 2 atom stereocenters. The molecular weight excluding hydrogens is 548 g/mol. The van der Waals surface area contributed by atoms with Gasteiger partial charge < -0.3 is 10.2 Å². The zero-order chi connectivity index (χ0) is 30.0. The molecule has 7 nitrogen and oxygen atoms in total. The van der Waals surface area contributed by atoms with Crippen LogP contribution in [-0.2, 0) is 32.6 Å². The second kappa shape index (κ2) is 14.7. The van der Waals surface area contributed by atoms with Crippen molar-refractivity contribution < 1.29 is 26.8 Å². The van der Waals surface area contributed by atoms with Gasteiger partial charge in [0, 0.05) is 37.5 Å². The summed E-state index contributed by atoms with van der Waals surface area (Å²) in [6.45, 7) is 3.49. The number of carbonyl (C=O) groups is 2. The maximum absolute atomic E-state index is 14.7. The summed E-state index contributed by atoms with van der Waals surface area (Å²) in [4.78, 5) is 28.7. The Morgan fingerprint density at radius 2 is 1.51 bits per heavy atom. The number of sulfonamides is 1. The molecule has 0 radical (unpaired) electrons. The Balaban J connectivity index is 1.91. The average Bonchev–Trinajstić information content (AvgIpc) is 2.94. The van der Waals surface area contributed by atoms with Crippen molar-refractivity contribution in [2.24, 2.45) is 0 Å². The molecule has 0 saturated carbocycles. The second-order valence-electron chi connectivity index (χ2n) is 10.0. The van der Waals surface area contributed by atoms with Gasteiger partial charge >= 0.3 is 0 Å². The summed E-state index contributed by atoms with van der Waals surface area (Å²) in [6, 6.07) is 19.7. The van der Waals surface area contributed by atoms with Gasteiger partial charge in [0.1, 0.15) is 17.7 Å². The Morgan fingerprint density at radius 3 is 2.12 bits per heavy atom. The van der Waals surface area contributed by atoms with Gasteiger partial charge in [-0.05, 0) is 43.5 Å². The molecule has 0 fully saturated rings. The summed E-state index contributed by atoms with van der Waals surface area (Å²) in [6.07, 6.45) is 1.77. The average molecular weight is 586 g/mol. The lowest BCUT2D eigenvalue weighted by atomic mass is 10.0. The molecule has 41 heavy (non-hydrogen) atoms. The number of anilines is 1. The molecule has 10 heteroatoms. The summed E-state index contributed by atoms with van der Waals surface area (Å²) < 4.78 is 55.0. The molecule has 0 aromatic heterocycles. The number of halogens is 2. The zero-order valence-electron chi connectivity index (χ0n) is 23.6. The summed E-state index contributed by atoms with van der Waals surface area (Å²) in [7, 11) is -3.84.